The number of sulfonamides is 1. The summed E-state index contributed by atoms with van der Waals surface area (Å²) < 4.78 is 34.7. The molecule has 38 heavy (non-hydrogen) atoms. The number of carbonyl (C=O) groups excluding carboxylic acids is 1. The summed E-state index contributed by atoms with van der Waals surface area (Å²) in [5.74, 6) is 0.221. The highest BCUT2D eigenvalue weighted by molar-refractivity contribution is 7.89. The van der Waals surface area contributed by atoms with E-state index in [-0.39, 0.29) is 34.7 Å². The Balaban J connectivity index is 1.46. The number of anilines is 1. The predicted molar refractivity (Wildman–Crippen MR) is 146 cm³/mol. The van der Waals surface area contributed by atoms with Gasteiger partial charge in [-0.1, -0.05) is 6.07 Å². The second kappa shape index (κ2) is 11.6. The van der Waals surface area contributed by atoms with Crippen LogP contribution in [-0.4, -0.2) is 48.4 Å². The summed E-state index contributed by atoms with van der Waals surface area (Å²) in [5.41, 5.74) is -0.0921. The topological polar surface area (TPSA) is 147 Å². The van der Waals surface area contributed by atoms with Crippen LogP contribution in [0.3, 0.4) is 0 Å². The van der Waals surface area contributed by atoms with Crippen molar-refractivity contribution >= 4 is 39.2 Å². The predicted octanol–water partition coefficient (Wildman–Crippen LogP) is 5.67. The van der Waals surface area contributed by atoms with E-state index in [1.54, 1.807) is 39.1 Å². The molecular weight excluding hydrogens is 528 g/mol. The summed E-state index contributed by atoms with van der Waals surface area (Å²) in [7, 11) is -3.95. The molecule has 2 amide bonds. The number of thiazole rings is 1. The number of nitrogens with zero attached hydrogens (tertiary/aromatic N) is 1. The molecule has 1 heterocycles. The number of rotatable bonds is 7. The lowest BCUT2D eigenvalue weighted by Gasteiger charge is -2.28. The van der Waals surface area contributed by atoms with Crippen molar-refractivity contribution in [3.05, 3.63) is 29.4 Å². The van der Waals surface area contributed by atoms with Crippen LogP contribution in [0.4, 0.5) is 15.3 Å². The average Bonchev–Trinajstić information content (AvgIpc) is 3.50. The summed E-state index contributed by atoms with van der Waals surface area (Å²) in [4.78, 5) is 28.7. The van der Waals surface area contributed by atoms with Gasteiger partial charge in [-0.2, -0.15) is 0 Å². The van der Waals surface area contributed by atoms with E-state index in [2.05, 4.69) is 20.3 Å². The minimum atomic E-state index is -3.95. The number of hydrogen-bond acceptors (Lipinski definition) is 7. The number of benzene rings is 1. The van der Waals surface area contributed by atoms with Crippen molar-refractivity contribution in [2.75, 3.05) is 5.32 Å². The molecule has 2 saturated carbocycles. The number of alkyl carbamates (subject to hydrolysis) is 1. The number of amides is 2. The molecular formula is C26H36N4O6S2. The summed E-state index contributed by atoms with van der Waals surface area (Å²) in [6, 6.07) is 4.56. The Morgan fingerprint density at radius 2 is 1.76 bits per heavy atom. The Kier molecular flexibility index (Phi) is 8.63. The normalized spacial score (nSPS) is 20.7. The third-order valence-corrected chi connectivity index (χ3v) is 9.72. The molecule has 4 rings (SSSR count). The van der Waals surface area contributed by atoms with Crippen LogP contribution in [0.15, 0.2) is 29.3 Å². The van der Waals surface area contributed by atoms with Gasteiger partial charge < -0.3 is 15.2 Å². The van der Waals surface area contributed by atoms with E-state index in [1.807, 2.05) is 0 Å². The first kappa shape index (κ1) is 28.3. The van der Waals surface area contributed by atoms with Crippen molar-refractivity contribution in [3.8, 4) is 10.4 Å². The zero-order chi connectivity index (χ0) is 27.5. The molecule has 2 fully saturated rings. The third-order valence-electron chi connectivity index (χ3n) is 6.73. The van der Waals surface area contributed by atoms with Crippen LogP contribution in [0.1, 0.15) is 83.1 Å². The smallest absolute Gasteiger partial charge is 0.409 e. The van der Waals surface area contributed by atoms with Crippen LogP contribution < -0.4 is 15.4 Å². The molecule has 0 saturated heterocycles. The summed E-state index contributed by atoms with van der Waals surface area (Å²) >= 11 is 1.44. The number of carboxylic acid groups (broad SMARTS) is 1. The molecule has 0 unspecified atom stereocenters. The van der Waals surface area contributed by atoms with Gasteiger partial charge in [0, 0.05) is 34.9 Å². The maximum atomic E-state index is 13.3. The molecule has 0 radical (unpaired) electrons. The molecule has 2 aromatic rings. The van der Waals surface area contributed by atoms with Gasteiger partial charge in [0.05, 0.1) is 14.8 Å². The summed E-state index contributed by atoms with van der Waals surface area (Å²) in [6.45, 7) is 5.23. The molecule has 12 heteroatoms. The molecule has 2 aliphatic carbocycles. The van der Waals surface area contributed by atoms with Gasteiger partial charge in [0.25, 0.3) is 0 Å². The fraction of sp³-hybridized carbons (Fsp3) is 0.577. The van der Waals surface area contributed by atoms with Gasteiger partial charge in [-0.15, -0.1) is 11.3 Å². The molecule has 1 aromatic heterocycles. The van der Waals surface area contributed by atoms with E-state index in [9.17, 15) is 18.0 Å². The largest absolute Gasteiger partial charge is 0.465 e. The van der Waals surface area contributed by atoms with Crippen molar-refractivity contribution < 1.29 is 27.9 Å². The highest BCUT2D eigenvalue weighted by atomic mass is 32.2. The van der Waals surface area contributed by atoms with Gasteiger partial charge in [0.2, 0.25) is 10.0 Å². The molecule has 10 nitrogen and oxygen atoms in total. The van der Waals surface area contributed by atoms with E-state index in [1.165, 1.54) is 17.4 Å². The zero-order valence-electron chi connectivity index (χ0n) is 22.0. The van der Waals surface area contributed by atoms with Crippen molar-refractivity contribution in [3.63, 3.8) is 0 Å². The van der Waals surface area contributed by atoms with Crippen molar-refractivity contribution in [1.82, 2.24) is 15.0 Å². The highest BCUT2D eigenvalue weighted by Gasteiger charge is 2.29. The molecule has 4 N–H and O–H groups in total. The quantitative estimate of drug-likeness (QED) is 0.339. The number of nitrogens with one attached hydrogen (secondary N) is 3. The molecule has 2 aliphatic rings. The average molecular weight is 565 g/mol. The molecule has 0 bridgehead atoms. The van der Waals surface area contributed by atoms with Crippen LogP contribution >= 0.6 is 11.3 Å². The van der Waals surface area contributed by atoms with Crippen molar-refractivity contribution in [2.24, 2.45) is 0 Å². The summed E-state index contributed by atoms with van der Waals surface area (Å²) in [5, 5.41) is 15.3. The maximum absolute atomic E-state index is 13.3. The van der Waals surface area contributed by atoms with Crippen LogP contribution in [-0.2, 0) is 14.8 Å². The number of ether oxygens (including phenoxy) is 1. The molecule has 0 aliphatic heterocycles. The van der Waals surface area contributed by atoms with E-state index in [0.717, 1.165) is 56.4 Å². The zero-order valence-corrected chi connectivity index (χ0v) is 23.6. The van der Waals surface area contributed by atoms with E-state index in [4.69, 9.17) is 9.84 Å². The van der Waals surface area contributed by atoms with Crippen molar-refractivity contribution in [2.45, 2.75) is 101 Å². The van der Waals surface area contributed by atoms with Gasteiger partial charge in [-0.05, 0) is 84.3 Å². The van der Waals surface area contributed by atoms with Gasteiger partial charge in [0.15, 0.2) is 0 Å². The Hall–Kier alpha value is -2.70. The van der Waals surface area contributed by atoms with Crippen LogP contribution in [0.5, 0.6) is 0 Å². The van der Waals surface area contributed by atoms with Crippen molar-refractivity contribution in [1.29, 1.82) is 0 Å². The summed E-state index contributed by atoms with van der Waals surface area (Å²) in [6.07, 6.45) is 7.61. The van der Waals surface area contributed by atoms with Gasteiger partial charge in [0.1, 0.15) is 6.10 Å². The monoisotopic (exact) mass is 564 g/mol. The standard InChI is InChI=1S/C26H36N4O6S2/c1-26(2,3)30-38(34,35)22-14-18(28-24(31)32)12-13-20(22)21-15-27-23(37-21)16-8-10-17(11-9-16)29-25(33)36-19-6-4-5-7-19/h12-17,19,28,30H,4-11H2,1-3H3,(H,29,33)(H,31,32). The van der Waals surface area contributed by atoms with Gasteiger partial charge >= 0.3 is 12.2 Å². The number of aromatic nitrogens is 1. The maximum Gasteiger partial charge on any atom is 0.409 e. The molecule has 0 atom stereocenters. The SMILES string of the molecule is CC(C)(C)NS(=O)(=O)c1cc(NC(=O)O)ccc1-c1cnc(C2CCC(NC(=O)OC3CCCC3)CC2)s1. The second-order valence-electron chi connectivity index (χ2n) is 11.1. The van der Waals surface area contributed by atoms with E-state index in [0.29, 0.717) is 10.4 Å². The van der Waals surface area contributed by atoms with E-state index >= 15 is 0 Å². The third kappa shape index (κ3) is 7.45. The Morgan fingerprint density at radius 3 is 2.39 bits per heavy atom. The van der Waals surface area contributed by atoms with Gasteiger partial charge in [-0.3, -0.25) is 5.32 Å². The Labute approximate surface area is 227 Å². The molecule has 1 aromatic carbocycles. The fourth-order valence-electron chi connectivity index (χ4n) is 5.05. The van der Waals surface area contributed by atoms with E-state index < -0.39 is 21.7 Å². The first-order chi connectivity index (χ1) is 17.9. The lowest BCUT2D eigenvalue weighted by atomic mass is 9.86. The Morgan fingerprint density at radius 1 is 1.08 bits per heavy atom. The first-order valence-electron chi connectivity index (χ1n) is 13.0. The molecule has 0 spiro atoms. The van der Waals surface area contributed by atoms with Crippen LogP contribution in [0.2, 0.25) is 0 Å². The Bertz CT molecular complexity index is 1260. The first-order valence-corrected chi connectivity index (χ1v) is 15.3. The minimum absolute atomic E-state index is 0.0115. The van der Waals surface area contributed by atoms with Crippen LogP contribution in [0.25, 0.3) is 10.4 Å². The highest BCUT2D eigenvalue weighted by Crippen LogP contribution is 2.40. The molecule has 208 valence electrons. The van der Waals surface area contributed by atoms with Gasteiger partial charge in [-0.25, -0.2) is 27.7 Å². The number of carbonyl (C=O) groups is 2. The minimum Gasteiger partial charge on any atom is -0.465 e. The second-order valence-corrected chi connectivity index (χ2v) is 13.8. The number of hydrogen-bond donors (Lipinski definition) is 4. The lowest BCUT2D eigenvalue weighted by molar-refractivity contribution is 0.0956. The van der Waals surface area contributed by atoms with Crippen LogP contribution in [0, 0.1) is 0 Å². The fourth-order valence-corrected chi connectivity index (χ4v) is 7.91. The lowest BCUT2D eigenvalue weighted by Crippen LogP contribution is -2.40.